The fraction of sp³-hybridized carbons (Fsp3) is 0.704. The van der Waals surface area contributed by atoms with E-state index < -0.39 is 18.5 Å². The van der Waals surface area contributed by atoms with Crippen LogP contribution in [0.4, 0.5) is 13.2 Å². The van der Waals surface area contributed by atoms with Gasteiger partial charge in [-0.2, -0.15) is 0 Å². The van der Waals surface area contributed by atoms with Crippen molar-refractivity contribution < 1.29 is 32.6 Å². The number of benzene rings is 1. The molecule has 0 saturated heterocycles. The topological polar surface area (TPSA) is 90.9 Å². The minimum Gasteiger partial charge on any atom is -0.406 e. The highest BCUT2D eigenvalue weighted by molar-refractivity contribution is 5.79. The smallest absolute Gasteiger partial charge is 0.406 e. The van der Waals surface area contributed by atoms with E-state index in [1.807, 2.05) is 18.7 Å². The van der Waals surface area contributed by atoms with Crippen molar-refractivity contribution in [3.05, 3.63) is 29.8 Å². The molecule has 0 saturated carbocycles. The van der Waals surface area contributed by atoms with Gasteiger partial charge in [0.1, 0.15) is 5.75 Å². The molecule has 0 unspecified atom stereocenters. The minimum absolute atomic E-state index is 0.0175. The van der Waals surface area contributed by atoms with Crippen molar-refractivity contribution in [3.8, 4) is 5.75 Å². The Balaban J connectivity index is 2.78. The van der Waals surface area contributed by atoms with Crippen LogP contribution in [0.15, 0.2) is 24.3 Å². The molecule has 212 valence electrons. The molecule has 0 aliphatic rings. The number of carbonyl (C=O) groups is 2. The second kappa shape index (κ2) is 17.2. The van der Waals surface area contributed by atoms with Crippen LogP contribution in [0.1, 0.15) is 71.8 Å². The first-order valence-electron chi connectivity index (χ1n) is 13.3. The molecule has 0 aromatic heterocycles. The zero-order chi connectivity index (χ0) is 27.8. The highest BCUT2D eigenvalue weighted by Gasteiger charge is 2.31. The lowest BCUT2D eigenvalue weighted by Gasteiger charge is -2.25. The molecule has 10 heteroatoms. The number of amides is 2. The molecule has 0 fully saturated rings. The van der Waals surface area contributed by atoms with Crippen LogP contribution in [0.2, 0.25) is 0 Å². The second-order valence-corrected chi connectivity index (χ2v) is 9.76. The van der Waals surface area contributed by atoms with Gasteiger partial charge in [-0.15, -0.1) is 13.2 Å². The van der Waals surface area contributed by atoms with Crippen LogP contribution in [0, 0.1) is 5.92 Å². The first kappa shape index (κ1) is 32.7. The monoisotopic (exact) mass is 531 g/mol. The number of alkyl halides is 3. The van der Waals surface area contributed by atoms with E-state index in [2.05, 4.69) is 29.2 Å². The molecule has 2 atom stereocenters. The summed E-state index contributed by atoms with van der Waals surface area (Å²) < 4.78 is 41.9. The number of nitrogens with one attached hydrogen (secondary N) is 2. The molecule has 2 amide bonds. The molecule has 1 aromatic rings. The van der Waals surface area contributed by atoms with E-state index in [0.717, 1.165) is 19.3 Å². The largest absolute Gasteiger partial charge is 0.573 e. The summed E-state index contributed by atoms with van der Waals surface area (Å²) in [7, 11) is 0. The maximum atomic E-state index is 12.7. The highest BCUT2D eigenvalue weighted by atomic mass is 19.4. The van der Waals surface area contributed by atoms with E-state index in [-0.39, 0.29) is 43.4 Å². The van der Waals surface area contributed by atoms with Gasteiger partial charge < -0.3 is 25.4 Å². The Morgan fingerprint density at radius 1 is 1.11 bits per heavy atom. The summed E-state index contributed by atoms with van der Waals surface area (Å²) in [5, 5.41) is 16.8. The Bertz CT molecular complexity index is 799. The van der Waals surface area contributed by atoms with E-state index in [1.54, 1.807) is 6.07 Å². The van der Waals surface area contributed by atoms with Crippen LogP contribution in [-0.4, -0.2) is 66.5 Å². The van der Waals surface area contributed by atoms with Crippen molar-refractivity contribution >= 4 is 11.8 Å². The number of nitrogens with zero attached hydrogens (tertiary/aromatic N) is 1. The van der Waals surface area contributed by atoms with E-state index in [0.29, 0.717) is 37.5 Å². The van der Waals surface area contributed by atoms with Gasteiger partial charge in [-0.3, -0.25) is 9.59 Å². The third-order valence-electron chi connectivity index (χ3n) is 5.78. The van der Waals surface area contributed by atoms with Crippen molar-refractivity contribution in [2.45, 2.75) is 91.1 Å². The fourth-order valence-corrected chi connectivity index (χ4v) is 3.93. The molecular formula is C27H44F3N3O4. The number of hydrogen-bond acceptors (Lipinski definition) is 5. The van der Waals surface area contributed by atoms with Gasteiger partial charge in [-0.25, -0.2) is 0 Å². The maximum absolute atomic E-state index is 12.7. The van der Waals surface area contributed by atoms with E-state index in [1.165, 1.54) is 18.2 Å². The summed E-state index contributed by atoms with van der Waals surface area (Å²) in [6.45, 7) is 10.5. The number of halogens is 3. The number of hydrogen-bond donors (Lipinski definition) is 3. The molecule has 7 nitrogen and oxygen atoms in total. The van der Waals surface area contributed by atoms with Gasteiger partial charge in [0.2, 0.25) is 11.8 Å². The van der Waals surface area contributed by atoms with Crippen molar-refractivity contribution in [1.82, 2.24) is 15.5 Å². The lowest BCUT2D eigenvalue weighted by Crippen LogP contribution is -2.49. The van der Waals surface area contributed by atoms with Crippen molar-refractivity contribution in [2.24, 2.45) is 5.92 Å². The zero-order valence-corrected chi connectivity index (χ0v) is 22.6. The Morgan fingerprint density at radius 3 is 2.38 bits per heavy atom. The van der Waals surface area contributed by atoms with Gasteiger partial charge in [-0.05, 0) is 62.3 Å². The molecule has 0 bridgehead atoms. The van der Waals surface area contributed by atoms with Crippen LogP contribution >= 0.6 is 0 Å². The number of ether oxygens (including phenoxy) is 1. The van der Waals surface area contributed by atoms with E-state index in [9.17, 15) is 27.9 Å². The normalized spacial score (nSPS) is 13.3. The molecule has 0 aliphatic carbocycles. The van der Waals surface area contributed by atoms with Gasteiger partial charge >= 0.3 is 6.36 Å². The first-order valence-corrected chi connectivity index (χ1v) is 13.3. The quantitative estimate of drug-likeness (QED) is 0.244. The van der Waals surface area contributed by atoms with Crippen molar-refractivity contribution in [1.29, 1.82) is 0 Å². The third-order valence-corrected chi connectivity index (χ3v) is 5.78. The molecule has 3 N–H and O–H groups in total. The molecular weight excluding hydrogens is 487 g/mol. The number of aliphatic hydroxyl groups excluding tert-OH is 1. The van der Waals surface area contributed by atoms with Gasteiger partial charge in [0.05, 0.1) is 12.1 Å². The zero-order valence-electron chi connectivity index (χ0n) is 22.6. The minimum atomic E-state index is -4.81. The Kier molecular flexibility index (Phi) is 15.2. The summed E-state index contributed by atoms with van der Waals surface area (Å²) in [6, 6.07) is 4.78. The average molecular weight is 532 g/mol. The van der Waals surface area contributed by atoms with Crippen molar-refractivity contribution in [3.63, 3.8) is 0 Å². The van der Waals surface area contributed by atoms with E-state index >= 15 is 0 Å². The number of carbonyl (C=O) groups excluding carboxylic acids is 2. The number of rotatable bonds is 18. The summed E-state index contributed by atoms with van der Waals surface area (Å²) in [5.74, 6) is -0.171. The Labute approximate surface area is 219 Å². The summed E-state index contributed by atoms with van der Waals surface area (Å²) in [5.41, 5.74) is 0.484. The van der Waals surface area contributed by atoms with Crippen LogP contribution in [0.5, 0.6) is 5.75 Å². The van der Waals surface area contributed by atoms with Crippen LogP contribution in [0.3, 0.4) is 0 Å². The lowest BCUT2D eigenvalue weighted by molar-refractivity contribution is -0.274. The average Bonchev–Trinajstić information content (AvgIpc) is 2.80. The Hall–Kier alpha value is -2.33. The molecule has 0 aliphatic heterocycles. The Morgan fingerprint density at radius 2 is 1.78 bits per heavy atom. The summed E-state index contributed by atoms with van der Waals surface area (Å²) >= 11 is 0. The first-order chi connectivity index (χ1) is 17.4. The molecule has 0 spiro atoms. The molecule has 1 aromatic carbocycles. The second-order valence-electron chi connectivity index (χ2n) is 9.76. The highest BCUT2D eigenvalue weighted by Crippen LogP contribution is 2.24. The molecule has 0 radical (unpaired) electrons. The van der Waals surface area contributed by atoms with Gasteiger partial charge in [-0.1, -0.05) is 39.8 Å². The SMILES string of the molecule is CCCN(CCC)C(=O)CCCC(=O)N[C@@H](Cc1cccc(OC(F)(F)F)c1)[C@H](O)CNCCC(C)C. The maximum Gasteiger partial charge on any atom is 0.573 e. The standard InChI is InChI=1S/C27H44F3N3O4/c1-5-15-33(16-6-2)26(36)12-8-11-25(35)32-23(24(34)19-31-14-13-20(3)4)18-21-9-7-10-22(17-21)37-27(28,29)30/h7,9-10,17,20,23-24,31,34H,5-6,8,11-16,18-19H2,1-4H3,(H,32,35)/t23-,24+/m0/s1. The van der Waals surface area contributed by atoms with Crippen LogP contribution in [0.25, 0.3) is 0 Å². The van der Waals surface area contributed by atoms with Gasteiger partial charge in [0, 0.05) is 32.5 Å². The van der Waals surface area contributed by atoms with Gasteiger partial charge in [0.25, 0.3) is 0 Å². The van der Waals surface area contributed by atoms with Gasteiger partial charge in [0.15, 0.2) is 0 Å². The summed E-state index contributed by atoms with van der Waals surface area (Å²) in [4.78, 5) is 26.9. The number of aliphatic hydroxyl groups is 1. The predicted octanol–water partition coefficient (Wildman–Crippen LogP) is 4.43. The van der Waals surface area contributed by atoms with Crippen LogP contribution < -0.4 is 15.4 Å². The molecule has 1 rings (SSSR count). The third kappa shape index (κ3) is 14.9. The molecule has 37 heavy (non-hydrogen) atoms. The van der Waals surface area contributed by atoms with Crippen LogP contribution in [-0.2, 0) is 16.0 Å². The predicted molar refractivity (Wildman–Crippen MR) is 138 cm³/mol. The lowest BCUT2D eigenvalue weighted by atomic mass is 10.00. The summed E-state index contributed by atoms with van der Waals surface area (Å²) in [6.07, 6.45) is -2.26. The van der Waals surface area contributed by atoms with E-state index in [4.69, 9.17) is 0 Å². The molecule has 0 heterocycles. The van der Waals surface area contributed by atoms with Crippen molar-refractivity contribution in [2.75, 3.05) is 26.2 Å². The fourth-order valence-electron chi connectivity index (χ4n) is 3.93.